The summed E-state index contributed by atoms with van der Waals surface area (Å²) in [6.45, 7) is 9.58. The second kappa shape index (κ2) is 2.79. The maximum Gasteiger partial charge on any atom is 0.0153 e. The third kappa shape index (κ3) is 1.27. The van der Waals surface area contributed by atoms with Gasteiger partial charge in [0.15, 0.2) is 0 Å². The van der Waals surface area contributed by atoms with Gasteiger partial charge in [-0.25, -0.2) is 0 Å². The number of thioether (sulfide) groups is 1. The second-order valence-corrected chi connectivity index (χ2v) is 6.84. The molecule has 0 amide bonds. The Labute approximate surface area is 86.2 Å². The molecule has 2 rings (SSSR count). The fraction of sp³-hybridized carbons (Fsp3) is 0.833. The third-order valence-electron chi connectivity index (χ3n) is 4.24. The zero-order valence-electron chi connectivity index (χ0n) is 9.18. The van der Waals surface area contributed by atoms with E-state index in [-0.39, 0.29) is 0 Å². The molecule has 1 aliphatic heterocycles. The van der Waals surface area contributed by atoms with Crippen molar-refractivity contribution in [3.05, 3.63) is 11.0 Å². The Bertz CT molecular complexity index is 252. The van der Waals surface area contributed by atoms with Gasteiger partial charge in [-0.3, -0.25) is 0 Å². The first kappa shape index (κ1) is 9.64. The molecule has 1 aliphatic carbocycles. The van der Waals surface area contributed by atoms with Crippen molar-refractivity contribution in [2.75, 3.05) is 0 Å². The van der Waals surface area contributed by atoms with Crippen molar-refractivity contribution in [2.24, 2.45) is 10.8 Å². The van der Waals surface area contributed by atoms with Crippen LogP contribution in [0.4, 0.5) is 0 Å². The molecule has 74 valence electrons. The van der Waals surface area contributed by atoms with Gasteiger partial charge >= 0.3 is 0 Å². The van der Waals surface area contributed by atoms with Crippen LogP contribution in [0.2, 0.25) is 0 Å². The molecule has 13 heavy (non-hydrogen) atoms. The van der Waals surface area contributed by atoms with E-state index >= 15 is 0 Å². The normalized spacial score (nSPS) is 42.8. The lowest BCUT2D eigenvalue weighted by molar-refractivity contribution is 0.152. The lowest BCUT2D eigenvalue weighted by Crippen LogP contribution is -2.41. The number of hydrogen-bond acceptors (Lipinski definition) is 1. The van der Waals surface area contributed by atoms with Crippen LogP contribution in [0.5, 0.6) is 0 Å². The summed E-state index contributed by atoms with van der Waals surface area (Å²) in [5.74, 6) is 0. The number of hydrogen-bond donors (Lipinski definition) is 0. The maximum absolute atomic E-state index is 2.49. The van der Waals surface area contributed by atoms with E-state index in [0.29, 0.717) is 10.8 Å². The number of fused-ring (bicyclic) bond motifs is 1. The summed E-state index contributed by atoms with van der Waals surface area (Å²) in [6.07, 6.45) is 6.76. The highest BCUT2D eigenvalue weighted by atomic mass is 32.2. The van der Waals surface area contributed by atoms with Crippen LogP contribution >= 0.6 is 11.8 Å². The van der Waals surface area contributed by atoms with Crippen molar-refractivity contribution in [3.63, 3.8) is 0 Å². The fourth-order valence-corrected chi connectivity index (χ4v) is 4.77. The molecule has 0 aromatic heterocycles. The first-order valence-electron chi connectivity index (χ1n) is 5.32. The van der Waals surface area contributed by atoms with E-state index in [1.165, 1.54) is 24.2 Å². The van der Waals surface area contributed by atoms with Gasteiger partial charge in [0, 0.05) is 5.25 Å². The van der Waals surface area contributed by atoms with Gasteiger partial charge in [0.05, 0.1) is 0 Å². The van der Waals surface area contributed by atoms with Gasteiger partial charge in [-0.05, 0) is 35.5 Å². The van der Waals surface area contributed by atoms with Crippen LogP contribution in [0.15, 0.2) is 11.0 Å². The summed E-state index contributed by atoms with van der Waals surface area (Å²) in [6, 6.07) is 0. The SMILES string of the molecule is CC1=CC(C)(C)[C@]2(C)CCC[C@@H]2S1. The molecule has 0 spiro atoms. The summed E-state index contributed by atoms with van der Waals surface area (Å²) < 4.78 is 0. The molecule has 1 fully saturated rings. The molecular formula is C12H20S. The quantitative estimate of drug-likeness (QED) is 0.559. The second-order valence-electron chi connectivity index (χ2n) is 5.39. The summed E-state index contributed by atoms with van der Waals surface area (Å²) in [7, 11) is 0. The predicted octanol–water partition coefficient (Wildman–Crippen LogP) is 4.22. The first-order valence-corrected chi connectivity index (χ1v) is 6.20. The Morgan fingerprint density at radius 2 is 2.08 bits per heavy atom. The molecule has 1 saturated carbocycles. The van der Waals surface area contributed by atoms with Crippen LogP contribution < -0.4 is 0 Å². The van der Waals surface area contributed by atoms with Crippen molar-refractivity contribution in [2.45, 2.75) is 52.2 Å². The monoisotopic (exact) mass is 196 g/mol. The molecule has 0 unspecified atom stereocenters. The van der Waals surface area contributed by atoms with Crippen molar-refractivity contribution in [1.82, 2.24) is 0 Å². The highest BCUT2D eigenvalue weighted by Gasteiger charge is 2.50. The average molecular weight is 196 g/mol. The minimum Gasteiger partial charge on any atom is -0.127 e. The van der Waals surface area contributed by atoms with E-state index in [0.717, 1.165) is 5.25 Å². The van der Waals surface area contributed by atoms with Crippen LogP contribution in [-0.4, -0.2) is 5.25 Å². The molecule has 2 atom stereocenters. The van der Waals surface area contributed by atoms with Crippen molar-refractivity contribution in [3.8, 4) is 0 Å². The van der Waals surface area contributed by atoms with Crippen molar-refractivity contribution in [1.29, 1.82) is 0 Å². The van der Waals surface area contributed by atoms with Gasteiger partial charge < -0.3 is 0 Å². The smallest absolute Gasteiger partial charge is 0.0153 e. The third-order valence-corrected chi connectivity index (χ3v) is 5.77. The predicted molar refractivity (Wildman–Crippen MR) is 60.9 cm³/mol. The van der Waals surface area contributed by atoms with Crippen LogP contribution in [0, 0.1) is 10.8 Å². The summed E-state index contributed by atoms with van der Waals surface area (Å²) in [4.78, 5) is 1.54. The lowest BCUT2D eigenvalue weighted by atomic mass is 9.65. The molecule has 0 aromatic rings. The zero-order valence-corrected chi connectivity index (χ0v) is 10.0. The highest BCUT2D eigenvalue weighted by Crippen LogP contribution is 2.60. The molecule has 0 aromatic carbocycles. The van der Waals surface area contributed by atoms with E-state index in [1.54, 1.807) is 0 Å². The van der Waals surface area contributed by atoms with Gasteiger partial charge in [0.2, 0.25) is 0 Å². The fourth-order valence-electron chi connectivity index (χ4n) is 2.99. The standard InChI is InChI=1S/C12H20S/c1-9-8-11(2,3)12(4)7-5-6-10(12)13-9/h8,10H,5-7H2,1-4H3/t10-,12+/m0/s1. The van der Waals surface area contributed by atoms with Crippen LogP contribution in [0.1, 0.15) is 47.0 Å². The number of rotatable bonds is 0. The average Bonchev–Trinajstić information content (AvgIpc) is 2.31. The molecule has 0 nitrogen and oxygen atoms in total. The van der Waals surface area contributed by atoms with E-state index < -0.39 is 0 Å². The van der Waals surface area contributed by atoms with E-state index in [4.69, 9.17) is 0 Å². The van der Waals surface area contributed by atoms with E-state index in [2.05, 4.69) is 45.5 Å². The molecule has 0 N–H and O–H groups in total. The minimum atomic E-state index is 0.406. The van der Waals surface area contributed by atoms with Gasteiger partial charge in [-0.1, -0.05) is 33.3 Å². The molecule has 0 saturated heterocycles. The largest absolute Gasteiger partial charge is 0.127 e. The molecular weight excluding hydrogens is 176 g/mol. The molecule has 2 aliphatic rings. The maximum atomic E-state index is 2.49. The first-order chi connectivity index (χ1) is 5.96. The van der Waals surface area contributed by atoms with Crippen LogP contribution in [0.25, 0.3) is 0 Å². The Morgan fingerprint density at radius 3 is 2.77 bits per heavy atom. The van der Waals surface area contributed by atoms with Gasteiger partial charge in [-0.2, -0.15) is 0 Å². The Kier molecular flexibility index (Phi) is 2.07. The van der Waals surface area contributed by atoms with Gasteiger partial charge in [0.25, 0.3) is 0 Å². The Balaban J connectivity index is 2.40. The zero-order chi connectivity index (χ0) is 9.69. The Morgan fingerprint density at radius 1 is 1.38 bits per heavy atom. The molecule has 0 bridgehead atoms. The van der Waals surface area contributed by atoms with E-state index in [1.807, 2.05) is 0 Å². The Hall–Kier alpha value is 0.0900. The van der Waals surface area contributed by atoms with Gasteiger partial charge in [0.1, 0.15) is 0 Å². The summed E-state index contributed by atoms with van der Waals surface area (Å²) in [5, 5.41) is 0.882. The topological polar surface area (TPSA) is 0 Å². The number of allylic oxidation sites excluding steroid dienone is 2. The van der Waals surface area contributed by atoms with Crippen LogP contribution in [-0.2, 0) is 0 Å². The lowest BCUT2D eigenvalue weighted by Gasteiger charge is -2.47. The van der Waals surface area contributed by atoms with Gasteiger partial charge in [-0.15, -0.1) is 11.8 Å². The minimum absolute atomic E-state index is 0.406. The van der Waals surface area contributed by atoms with E-state index in [9.17, 15) is 0 Å². The summed E-state index contributed by atoms with van der Waals surface area (Å²) >= 11 is 2.12. The van der Waals surface area contributed by atoms with Crippen LogP contribution in [0.3, 0.4) is 0 Å². The van der Waals surface area contributed by atoms with Crippen molar-refractivity contribution >= 4 is 11.8 Å². The summed E-state index contributed by atoms with van der Waals surface area (Å²) in [5.41, 5.74) is 0.959. The molecule has 0 radical (unpaired) electrons. The van der Waals surface area contributed by atoms with Crippen molar-refractivity contribution < 1.29 is 0 Å². The molecule has 1 heteroatoms. The highest BCUT2D eigenvalue weighted by molar-refractivity contribution is 8.03. The molecule has 1 heterocycles.